The van der Waals surface area contributed by atoms with Gasteiger partial charge in [-0.25, -0.2) is 0 Å². The van der Waals surface area contributed by atoms with Crippen LogP contribution in [0.3, 0.4) is 0 Å². The second-order valence-electron chi connectivity index (χ2n) is 15.4. The lowest BCUT2D eigenvalue weighted by Crippen LogP contribution is -2.67. The van der Waals surface area contributed by atoms with E-state index in [1.807, 2.05) is 32.6 Å². The third-order valence-corrected chi connectivity index (χ3v) is 15.1. The van der Waals surface area contributed by atoms with E-state index in [4.69, 9.17) is 0 Å². The number of halogens is 1. The van der Waals surface area contributed by atoms with E-state index in [-0.39, 0.29) is 0 Å². The van der Waals surface area contributed by atoms with Crippen LogP contribution in [0.2, 0.25) is 0 Å². The zero-order valence-corrected chi connectivity index (χ0v) is 32.4. The number of fused-ring (bicyclic) bond motifs is 7. The Hall–Kier alpha value is 0.540. The van der Waals surface area contributed by atoms with Gasteiger partial charge in [0.25, 0.3) is 0 Å². The summed E-state index contributed by atoms with van der Waals surface area (Å²) >= 11 is 2.15. The Kier molecular flexibility index (Phi) is 13.2. The summed E-state index contributed by atoms with van der Waals surface area (Å²) in [6, 6.07) is 0. The van der Waals surface area contributed by atoms with Crippen LogP contribution in [-0.4, -0.2) is 57.3 Å². The average Bonchev–Trinajstić information content (AvgIpc) is 3.41. The van der Waals surface area contributed by atoms with Crippen molar-refractivity contribution in [2.24, 2.45) is 45.3 Å². The van der Waals surface area contributed by atoms with Gasteiger partial charge in [0, 0.05) is 54.0 Å². The fraction of sp³-hybridized carbons (Fsp3) is 0.946. The Morgan fingerprint density at radius 2 is 1.48 bits per heavy atom. The van der Waals surface area contributed by atoms with Crippen molar-refractivity contribution in [2.45, 2.75) is 132 Å². The number of rotatable bonds is 4. The highest BCUT2D eigenvalue weighted by molar-refractivity contribution is 14.1. The maximum atomic E-state index is 11.8. The van der Waals surface area contributed by atoms with Crippen molar-refractivity contribution in [3.63, 3.8) is 0 Å². The topological polar surface area (TPSA) is 32.3 Å². The molecule has 8 atom stereocenters. The van der Waals surface area contributed by atoms with Gasteiger partial charge in [0.15, 0.2) is 0 Å². The maximum Gasteiger partial charge on any atom is 0.0363 e. The summed E-state index contributed by atoms with van der Waals surface area (Å²) < 4.78 is 11.8. The lowest BCUT2D eigenvalue weighted by Gasteiger charge is -2.72. The fourth-order valence-electron chi connectivity index (χ4n) is 11.8. The number of nitrogens with one attached hydrogen (secondary N) is 1. The van der Waals surface area contributed by atoms with E-state index < -0.39 is 10.8 Å². The number of nitrogens with zero attached hydrogens (tertiary/aromatic N) is 1. The number of alkyl halides is 1. The molecular formula is C37H69IN2OS. The zero-order chi connectivity index (χ0) is 31.4. The van der Waals surface area contributed by atoms with Crippen molar-refractivity contribution in [3.05, 3.63) is 12.2 Å². The molecule has 5 aliphatic carbocycles. The van der Waals surface area contributed by atoms with Gasteiger partial charge in [-0.1, -0.05) is 103 Å². The Labute approximate surface area is 278 Å². The van der Waals surface area contributed by atoms with Crippen molar-refractivity contribution in [1.29, 1.82) is 0 Å². The molecule has 1 saturated heterocycles. The third-order valence-electron chi connectivity index (χ3n) is 13.8. The molecule has 6 unspecified atom stereocenters. The van der Waals surface area contributed by atoms with Crippen molar-refractivity contribution in [2.75, 3.05) is 42.6 Å². The van der Waals surface area contributed by atoms with E-state index in [9.17, 15) is 4.21 Å². The summed E-state index contributed by atoms with van der Waals surface area (Å²) in [4.78, 5) is 4.52. The lowest BCUT2D eigenvalue weighted by atomic mass is 9.33. The third kappa shape index (κ3) is 6.40. The van der Waals surface area contributed by atoms with Gasteiger partial charge < -0.3 is 10.2 Å². The van der Waals surface area contributed by atoms with Crippen molar-refractivity contribution in [3.8, 4) is 0 Å². The van der Waals surface area contributed by atoms with Crippen LogP contribution < -0.4 is 5.32 Å². The molecule has 0 spiro atoms. The van der Waals surface area contributed by atoms with Crippen LogP contribution in [0.25, 0.3) is 0 Å². The van der Waals surface area contributed by atoms with Gasteiger partial charge in [-0.2, -0.15) is 0 Å². The molecule has 0 aromatic heterocycles. The molecule has 0 amide bonds. The van der Waals surface area contributed by atoms with Crippen LogP contribution in [0.15, 0.2) is 12.2 Å². The minimum Gasteiger partial charge on any atom is -0.310 e. The molecule has 1 N–H and O–H groups in total. The highest BCUT2D eigenvalue weighted by Crippen LogP contribution is 2.75. The summed E-state index contributed by atoms with van der Waals surface area (Å²) in [7, 11) is -0.569. The van der Waals surface area contributed by atoms with Crippen LogP contribution in [0.4, 0.5) is 0 Å². The Balaban J connectivity index is 0.000000760. The molecular weight excluding hydrogens is 647 g/mol. The number of hydrogen-bond acceptors (Lipinski definition) is 3. The van der Waals surface area contributed by atoms with Crippen LogP contribution in [-0.2, 0) is 10.8 Å². The molecule has 5 fully saturated rings. The standard InChI is InChI=1S/C32H54N2OS.2C2H6.CH3I/c1-28(2)12-7-13-29(3)26(28)11-15-31(5)27(29)10-9-24-25-8-6-14-32(25,17-16-30(24,31)4)33-18-19-34-20-22-36(35)23-21-34;3*1-2/h7,12,24-27,33H,6,8-11,13-23H2,1-5H3;2*1-2H3;1H3/t24?,25-,26?,27?,29?,30-,31?,32?;;;/m1.../s1. The van der Waals surface area contributed by atoms with E-state index in [1.165, 1.54) is 64.2 Å². The molecule has 1 heterocycles. The quantitative estimate of drug-likeness (QED) is 0.179. The summed E-state index contributed by atoms with van der Waals surface area (Å²) in [5.74, 6) is 5.24. The summed E-state index contributed by atoms with van der Waals surface area (Å²) in [5.41, 5.74) is 2.20. The molecule has 42 heavy (non-hydrogen) atoms. The molecule has 0 aromatic rings. The molecule has 0 radical (unpaired) electrons. The number of allylic oxidation sites excluding steroid dienone is 2. The molecule has 0 aromatic carbocycles. The fourth-order valence-corrected chi connectivity index (χ4v) is 13.0. The molecule has 1 aliphatic heterocycles. The predicted molar refractivity (Wildman–Crippen MR) is 195 cm³/mol. The smallest absolute Gasteiger partial charge is 0.0363 e. The van der Waals surface area contributed by atoms with Gasteiger partial charge >= 0.3 is 0 Å². The van der Waals surface area contributed by atoms with E-state index in [0.29, 0.717) is 27.2 Å². The SMILES string of the molecule is CC.CC.CC1(C)C=CCC2(C)C1CCC1(C)C2CCC2[C@H]3CCCC3(NCCN3CCS(=O)CC3)CC[C@]21C.CI. The van der Waals surface area contributed by atoms with Crippen LogP contribution in [0.5, 0.6) is 0 Å². The monoisotopic (exact) mass is 716 g/mol. The van der Waals surface area contributed by atoms with Crippen LogP contribution in [0.1, 0.15) is 127 Å². The van der Waals surface area contributed by atoms with Gasteiger partial charge in [0.2, 0.25) is 0 Å². The van der Waals surface area contributed by atoms with Gasteiger partial charge in [-0.3, -0.25) is 4.21 Å². The first kappa shape index (κ1) is 37.0. The highest BCUT2D eigenvalue weighted by Gasteiger charge is 2.68. The van der Waals surface area contributed by atoms with Gasteiger partial charge in [-0.05, 0) is 108 Å². The average molecular weight is 717 g/mol. The second kappa shape index (κ2) is 15.0. The van der Waals surface area contributed by atoms with Crippen LogP contribution in [0, 0.1) is 45.3 Å². The molecule has 6 aliphatic rings. The van der Waals surface area contributed by atoms with Crippen molar-refractivity contribution >= 4 is 33.4 Å². The minimum absolute atomic E-state index is 0.354. The normalized spacial score (nSPS) is 43.9. The zero-order valence-electron chi connectivity index (χ0n) is 29.4. The summed E-state index contributed by atoms with van der Waals surface area (Å²) in [6.45, 7) is 25.6. The first-order valence-corrected chi connectivity index (χ1v) is 21.6. The second-order valence-corrected chi connectivity index (χ2v) is 17.1. The highest BCUT2D eigenvalue weighted by atomic mass is 127. The van der Waals surface area contributed by atoms with Crippen molar-refractivity contribution < 1.29 is 4.21 Å². The summed E-state index contributed by atoms with van der Waals surface area (Å²) in [5, 5.41) is 4.23. The van der Waals surface area contributed by atoms with Crippen molar-refractivity contribution in [1.82, 2.24) is 10.2 Å². The lowest BCUT2D eigenvalue weighted by molar-refractivity contribution is -0.217. The van der Waals surface area contributed by atoms with E-state index in [0.717, 1.165) is 61.4 Å². The Morgan fingerprint density at radius 1 is 0.810 bits per heavy atom. The first-order chi connectivity index (χ1) is 20.0. The molecule has 4 saturated carbocycles. The minimum atomic E-state index is -0.569. The Morgan fingerprint density at radius 3 is 2.14 bits per heavy atom. The number of hydrogen-bond donors (Lipinski definition) is 1. The Bertz CT molecular complexity index is 913. The molecule has 246 valence electrons. The maximum absolute atomic E-state index is 11.8. The first-order valence-electron chi connectivity index (χ1n) is 17.9. The largest absolute Gasteiger partial charge is 0.310 e. The van der Waals surface area contributed by atoms with Gasteiger partial charge in [0.05, 0.1) is 0 Å². The summed E-state index contributed by atoms with van der Waals surface area (Å²) in [6.07, 6.45) is 19.3. The van der Waals surface area contributed by atoms with E-state index >= 15 is 0 Å². The molecule has 6 rings (SSSR count). The predicted octanol–water partition coefficient (Wildman–Crippen LogP) is 9.52. The van der Waals surface area contributed by atoms with Gasteiger partial charge in [0.1, 0.15) is 0 Å². The van der Waals surface area contributed by atoms with Gasteiger partial charge in [-0.15, -0.1) is 0 Å². The van der Waals surface area contributed by atoms with E-state index in [1.54, 1.807) is 0 Å². The molecule has 5 heteroatoms. The molecule has 3 nitrogen and oxygen atoms in total. The van der Waals surface area contributed by atoms with Crippen LogP contribution >= 0.6 is 22.6 Å². The molecule has 0 bridgehead atoms. The van der Waals surface area contributed by atoms with E-state index in [2.05, 4.69) is 79.6 Å².